The summed E-state index contributed by atoms with van der Waals surface area (Å²) in [6.45, 7) is 0. The first-order chi connectivity index (χ1) is 12.0. The van der Waals surface area contributed by atoms with Crippen LogP contribution in [-0.4, -0.2) is 44.3 Å². The van der Waals surface area contributed by atoms with E-state index in [1.165, 1.54) is 18.2 Å². The van der Waals surface area contributed by atoms with Gasteiger partial charge in [-0.25, -0.2) is 9.59 Å². The number of carbonyl (C=O) groups is 4. The van der Waals surface area contributed by atoms with Crippen LogP contribution < -0.4 is 0 Å². The van der Waals surface area contributed by atoms with E-state index < -0.39 is 41.3 Å². The Morgan fingerprint density at radius 1 is 0.923 bits per heavy atom. The van der Waals surface area contributed by atoms with Crippen LogP contribution in [0.25, 0.3) is 5.57 Å². The summed E-state index contributed by atoms with van der Waals surface area (Å²) in [5.74, 6) is -6.40. The van der Waals surface area contributed by atoms with E-state index in [2.05, 4.69) is 0 Å². The first-order valence-corrected chi connectivity index (χ1v) is 9.02. The van der Waals surface area contributed by atoms with Crippen molar-refractivity contribution in [1.82, 2.24) is 0 Å². The van der Waals surface area contributed by atoms with Gasteiger partial charge in [0.15, 0.2) is 0 Å². The SMILES string of the molecule is O=C(O)C1=CC(c2cc(C(=O)O)ccc2I)=C(I)CC1(C(=O)O)C(=O)O. The van der Waals surface area contributed by atoms with E-state index in [1.807, 2.05) is 22.6 Å². The standard InChI is InChI=1S/C16H10I2O8/c17-10-2-1-6(12(19)20)3-7(10)8-4-9(13(21)22)16(14(23)24,15(25)26)5-11(8)18/h1-4H,5H2,(H,19,20)(H,21,22)(H,23,24)(H,25,26). The van der Waals surface area contributed by atoms with Crippen LogP contribution >= 0.6 is 45.2 Å². The molecule has 0 aliphatic heterocycles. The summed E-state index contributed by atoms with van der Waals surface area (Å²) in [5, 5.41) is 37.4. The summed E-state index contributed by atoms with van der Waals surface area (Å²) in [4.78, 5) is 46.1. The number of carboxylic acids is 4. The highest BCUT2D eigenvalue weighted by molar-refractivity contribution is 14.1. The van der Waals surface area contributed by atoms with E-state index >= 15 is 0 Å². The van der Waals surface area contributed by atoms with Crippen molar-refractivity contribution in [2.45, 2.75) is 6.42 Å². The lowest BCUT2D eigenvalue weighted by atomic mass is 9.72. The Hall–Kier alpha value is -1.96. The Labute approximate surface area is 173 Å². The molecule has 0 fully saturated rings. The molecule has 4 N–H and O–H groups in total. The fourth-order valence-corrected chi connectivity index (χ4v) is 4.22. The molecule has 1 aliphatic rings. The van der Waals surface area contributed by atoms with E-state index in [9.17, 15) is 34.5 Å². The maximum Gasteiger partial charge on any atom is 0.335 e. The smallest absolute Gasteiger partial charge is 0.335 e. The Morgan fingerprint density at radius 3 is 1.96 bits per heavy atom. The van der Waals surface area contributed by atoms with Crippen molar-refractivity contribution >= 4 is 74.6 Å². The Morgan fingerprint density at radius 2 is 1.50 bits per heavy atom. The van der Waals surface area contributed by atoms with Gasteiger partial charge in [0.25, 0.3) is 0 Å². The molecule has 0 heterocycles. The van der Waals surface area contributed by atoms with Crippen molar-refractivity contribution < 1.29 is 39.6 Å². The van der Waals surface area contributed by atoms with Crippen LogP contribution in [0.3, 0.4) is 0 Å². The Balaban J connectivity index is 2.76. The number of aliphatic carboxylic acids is 3. The minimum Gasteiger partial charge on any atom is -0.480 e. The zero-order valence-corrected chi connectivity index (χ0v) is 17.0. The first-order valence-electron chi connectivity index (χ1n) is 6.86. The minimum absolute atomic E-state index is 0.0318. The van der Waals surface area contributed by atoms with Crippen LogP contribution in [0, 0.1) is 8.99 Å². The van der Waals surface area contributed by atoms with E-state index in [4.69, 9.17) is 5.11 Å². The predicted molar refractivity (Wildman–Crippen MR) is 105 cm³/mol. The van der Waals surface area contributed by atoms with Crippen LogP contribution in [0.15, 0.2) is 33.4 Å². The molecule has 0 unspecified atom stereocenters. The van der Waals surface area contributed by atoms with Crippen molar-refractivity contribution in [3.05, 3.63) is 48.1 Å². The molecule has 0 saturated heterocycles. The number of hydrogen-bond donors (Lipinski definition) is 4. The van der Waals surface area contributed by atoms with Gasteiger partial charge in [0.05, 0.1) is 11.1 Å². The van der Waals surface area contributed by atoms with Crippen molar-refractivity contribution in [3.63, 3.8) is 0 Å². The van der Waals surface area contributed by atoms with Gasteiger partial charge in [0.2, 0.25) is 5.41 Å². The third kappa shape index (κ3) is 3.34. The lowest BCUT2D eigenvalue weighted by Gasteiger charge is -2.30. The second kappa shape index (κ2) is 7.34. The van der Waals surface area contributed by atoms with Gasteiger partial charge in [-0.2, -0.15) is 0 Å². The van der Waals surface area contributed by atoms with Gasteiger partial charge in [-0.15, -0.1) is 0 Å². The molecule has 1 aliphatic carbocycles. The molecule has 0 radical (unpaired) electrons. The molecular formula is C16H10I2O8. The van der Waals surface area contributed by atoms with E-state index in [0.717, 1.165) is 6.08 Å². The number of halogens is 2. The van der Waals surface area contributed by atoms with Gasteiger partial charge in [-0.1, -0.05) is 0 Å². The number of allylic oxidation sites excluding steroid dienone is 3. The average molecular weight is 584 g/mol. The molecule has 8 nitrogen and oxygen atoms in total. The minimum atomic E-state index is -2.61. The van der Waals surface area contributed by atoms with Gasteiger partial charge in [0.1, 0.15) is 0 Å². The second-order valence-corrected chi connectivity index (χ2v) is 7.84. The number of rotatable bonds is 5. The third-order valence-corrected chi connectivity index (χ3v) is 5.83. The van der Waals surface area contributed by atoms with Crippen molar-refractivity contribution in [3.8, 4) is 0 Å². The van der Waals surface area contributed by atoms with Crippen LogP contribution in [0.5, 0.6) is 0 Å². The average Bonchev–Trinajstić information content (AvgIpc) is 2.54. The van der Waals surface area contributed by atoms with Crippen LogP contribution in [0.4, 0.5) is 0 Å². The maximum absolute atomic E-state index is 11.6. The Kier molecular flexibility index (Phi) is 5.75. The molecule has 0 aromatic heterocycles. The van der Waals surface area contributed by atoms with Crippen molar-refractivity contribution in [2.24, 2.45) is 5.41 Å². The van der Waals surface area contributed by atoms with Crippen LogP contribution in [0.1, 0.15) is 22.3 Å². The quantitative estimate of drug-likeness (QED) is 0.305. The second-order valence-electron chi connectivity index (χ2n) is 5.37. The van der Waals surface area contributed by atoms with E-state index in [0.29, 0.717) is 12.7 Å². The first kappa shape index (κ1) is 20.4. The number of carboxylic acid groups (broad SMARTS) is 4. The number of hydrogen-bond acceptors (Lipinski definition) is 4. The summed E-state index contributed by atoms with van der Waals surface area (Å²) in [5.41, 5.74) is -2.76. The van der Waals surface area contributed by atoms with Gasteiger partial charge >= 0.3 is 23.9 Å². The largest absolute Gasteiger partial charge is 0.480 e. The maximum atomic E-state index is 11.6. The Bertz CT molecular complexity index is 899. The topological polar surface area (TPSA) is 149 Å². The monoisotopic (exact) mass is 584 g/mol. The lowest BCUT2D eigenvalue weighted by molar-refractivity contribution is -0.163. The fraction of sp³-hybridized carbons (Fsp3) is 0.125. The van der Waals surface area contributed by atoms with E-state index in [-0.39, 0.29) is 11.1 Å². The van der Waals surface area contributed by atoms with Crippen molar-refractivity contribution in [1.29, 1.82) is 0 Å². The summed E-state index contributed by atoms with van der Waals surface area (Å²) >= 11 is 3.69. The van der Waals surface area contributed by atoms with Gasteiger partial charge in [0, 0.05) is 13.6 Å². The predicted octanol–water partition coefficient (Wildman–Crippen LogP) is 2.71. The van der Waals surface area contributed by atoms with E-state index in [1.54, 1.807) is 22.6 Å². The van der Waals surface area contributed by atoms with Gasteiger partial charge in [-0.3, -0.25) is 9.59 Å². The molecule has 0 bridgehead atoms. The molecule has 0 amide bonds. The summed E-state index contributed by atoms with van der Waals surface area (Å²) in [6, 6.07) is 4.24. The molecule has 26 heavy (non-hydrogen) atoms. The zero-order valence-electron chi connectivity index (χ0n) is 12.7. The summed E-state index contributed by atoms with van der Waals surface area (Å²) in [7, 11) is 0. The molecule has 2 rings (SSSR count). The molecule has 0 spiro atoms. The molecule has 0 atom stereocenters. The normalized spacial score (nSPS) is 16.0. The molecule has 10 heteroatoms. The zero-order chi connectivity index (χ0) is 19.8. The molecular weight excluding hydrogens is 574 g/mol. The van der Waals surface area contributed by atoms with Crippen LogP contribution in [0.2, 0.25) is 0 Å². The molecule has 0 saturated carbocycles. The molecule has 1 aromatic rings. The van der Waals surface area contributed by atoms with Gasteiger partial charge in [-0.05, 0) is 80.6 Å². The highest BCUT2D eigenvalue weighted by atomic mass is 127. The summed E-state index contributed by atoms with van der Waals surface area (Å²) in [6.07, 6.45) is 0.443. The van der Waals surface area contributed by atoms with Crippen LogP contribution in [-0.2, 0) is 14.4 Å². The van der Waals surface area contributed by atoms with Gasteiger partial charge < -0.3 is 20.4 Å². The molecule has 1 aromatic carbocycles. The number of aromatic carboxylic acids is 1. The fourth-order valence-electron chi connectivity index (χ4n) is 2.58. The lowest BCUT2D eigenvalue weighted by Crippen LogP contribution is -2.44. The highest BCUT2D eigenvalue weighted by Gasteiger charge is 2.55. The highest BCUT2D eigenvalue weighted by Crippen LogP contribution is 2.46. The van der Waals surface area contributed by atoms with Crippen molar-refractivity contribution in [2.75, 3.05) is 0 Å². The molecule has 136 valence electrons. The third-order valence-electron chi connectivity index (χ3n) is 3.93. The summed E-state index contributed by atoms with van der Waals surface area (Å²) < 4.78 is 0.911. The number of benzene rings is 1.